The van der Waals surface area contributed by atoms with Gasteiger partial charge in [-0.3, -0.25) is 9.10 Å². The minimum Gasteiger partial charge on any atom is -0.341 e. The van der Waals surface area contributed by atoms with Gasteiger partial charge in [-0.2, -0.15) is 0 Å². The predicted molar refractivity (Wildman–Crippen MR) is 169 cm³/mol. The summed E-state index contributed by atoms with van der Waals surface area (Å²) in [6, 6.07) is 38.1. The van der Waals surface area contributed by atoms with Crippen LogP contribution in [0.15, 0.2) is 132 Å². The topological polar surface area (TPSA) is 66.5 Å². The Kier molecular flexibility index (Phi) is 8.76. The molecule has 0 bridgehead atoms. The van der Waals surface area contributed by atoms with E-state index in [4.69, 9.17) is 11.6 Å². The summed E-state index contributed by atoms with van der Waals surface area (Å²) in [5, 5.41) is 3.63. The molecule has 42 heavy (non-hydrogen) atoms. The van der Waals surface area contributed by atoms with E-state index in [2.05, 4.69) is 5.32 Å². The van der Waals surface area contributed by atoms with Gasteiger partial charge in [-0.15, -0.1) is 0 Å². The van der Waals surface area contributed by atoms with Gasteiger partial charge in [-0.05, 0) is 78.1 Å². The average Bonchev–Trinajstić information content (AvgIpc) is 3.01. The highest BCUT2D eigenvalue weighted by molar-refractivity contribution is 7.92. The molecule has 5 aromatic rings. The summed E-state index contributed by atoms with van der Waals surface area (Å²) in [4.78, 5) is 13.6. The molecule has 0 unspecified atom stereocenters. The second-order valence-corrected chi connectivity index (χ2v) is 12.4. The molecule has 7 heteroatoms. The van der Waals surface area contributed by atoms with Crippen LogP contribution in [0, 0.1) is 13.8 Å². The third-order valence-corrected chi connectivity index (χ3v) is 9.23. The zero-order valence-corrected chi connectivity index (χ0v) is 24.9. The van der Waals surface area contributed by atoms with E-state index < -0.39 is 10.0 Å². The molecule has 0 aliphatic carbocycles. The summed E-state index contributed by atoms with van der Waals surface area (Å²) in [5.41, 5.74) is 5.56. The zero-order valence-electron chi connectivity index (χ0n) is 23.4. The fraction of sp³-hybridized carbons (Fsp3) is 0.114. The van der Waals surface area contributed by atoms with Crippen molar-refractivity contribution in [3.63, 3.8) is 0 Å². The van der Waals surface area contributed by atoms with Crippen molar-refractivity contribution >= 4 is 33.2 Å². The normalized spacial score (nSPS) is 12.0. The summed E-state index contributed by atoms with van der Waals surface area (Å²) in [5.74, 6) is -0.224. The molecule has 0 radical (unpaired) electrons. The van der Waals surface area contributed by atoms with E-state index in [0.29, 0.717) is 16.3 Å². The van der Waals surface area contributed by atoms with Gasteiger partial charge in [0.1, 0.15) is 0 Å². The summed E-state index contributed by atoms with van der Waals surface area (Å²) >= 11 is 6.29. The molecule has 1 N–H and O–H groups in total. The van der Waals surface area contributed by atoms with Crippen LogP contribution in [0.3, 0.4) is 0 Å². The molecule has 212 valence electrons. The van der Waals surface area contributed by atoms with E-state index in [-0.39, 0.29) is 23.4 Å². The van der Waals surface area contributed by atoms with Crippen molar-refractivity contribution in [2.45, 2.75) is 31.3 Å². The van der Waals surface area contributed by atoms with Gasteiger partial charge < -0.3 is 5.32 Å². The molecule has 1 amide bonds. The summed E-state index contributed by atoms with van der Waals surface area (Å²) in [7, 11) is -3.90. The molecule has 0 aromatic heterocycles. The first kappa shape index (κ1) is 29.1. The number of carbonyl (C=O) groups is 1. The van der Waals surface area contributed by atoms with Gasteiger partial charge in [-0.1, -0.05) is 103 Å². The molecule has 0 spiro atoms. The molecule has 0 heterocycles. The number of hydrogen-bond acceptors (Lipinski definition) is 3. The van der Waals surface area contributed by atoms with Crippen molar-refractivity contribution in [2.24, 2.45) is 0 Å². The summed E-state index contributed by atoms with van der Waals surface area (Å²) < 4.78 is 29.0. The van der Waals surface area contributed by atoms with Crippen LogP contribution >= 0.6 is 11.6 Å². The Hall–Kier alpha value is -4.39. The highest BCUT2D eigenvalue weighted by Gasteiger charge is 2.27. The Bertz CT molecular complexity index is 1790. The quantitative estimate of drug-likeness (QED) is 0.189. The van der Waals surface area contributed by atoms with Gasteiger partial charge in [0.15, 0.2) is 0 Å². The van der Waals surface area contributed by atoms with E-state index in [0.717, 1.165) is 27.8 Å². The van der Waals surface area contributed by atoms with Crippen molar-refractivity contribution in [1.29, 1.82) is 0 Å². The zero-order chi connectivity index (χ0) is 29.7. The number of rotatable bonds is 9. The molecule has 0 saturated heterocycles. The Morgan fingerprint density at radius 1 is 0.762 bits per heavy atom. The van der Waals surface area contributed by atoms with Crippen molar-refractivity contribution in [3.8, 4) is 0 Å². The van der Waals surface area contributed by atoms with Crippen molar-refractivity contribution < 1.29 is 13.2 Å². The number of nitrogens with zero attached hydrogens (tertiary/aromatic N) is 1. The molecular formula is C35H31ClN2O3S. The number of anilines is 1. The molecule has 5 nitrogen and oxygen atoms in total. The third kappa shape index (κ3) is 6.40. The van der Waals surface area contributed by atoms with Crippen LogP contribution in [0.5, 0.6) is 0 Å². The minimum atomic E-state index is -3.90. The van der Waals surface area contributed by atoms with Crippen LogP contribution in [-0.2, 0) is 16.6 Å². The van der Waals surface area contributed by atoms with Gasteiger partial charge >= 0.3 is 0 Å². The highest BCUT2D eigenvalue weighted by Crippen LogP contribution is 2.31. The number of hydrogen-bond donors (Lipinski definition) is 1. The lowest BCUT2D eigenvalue weighted by molar-refractivity contribution is 0.0943. The SMILES string of the molecule is Cc1ccccc1[C@@H](NC(=O)c1ccc(CN(c2cc(Cl)ccc2C)S(=O)(=O)c2ccccc2)cc1)c1ccccc1. The van der Waals surface area contributed by atoms with Crippen molar-refractivity contribution in [3.05, 3.63) is 166 Å². The van der Waals surface area contributed by atoms with E-state index in [1.54, 1.807) is 72.8 Å². The van der Waals surface area contributed by atoms with E-state index in [1.165, 1.54) is 4.31 Å². The first-order chi connectivity index (χ1) is 20.2. The van der Waals surface area contributed by atoms with Gasteiger partial charge in [-0.25, -0.2) is 8.42 Å². The minimum absolute atomic E-state index is 0.0656. The summed E-state index contributed by atoms with van der Waals surface area (Å²) in [6.07, 6.45) is 0. The first-order valence-corrected chi connectivity index (χ1v) is 15.4. The van der Waals surface area contributed by atoms with Gasteiger partial charge in [0, 0.05) is 10.6 Å². The number of sulfonamides is 1. The third-order valence-electron chi connectivity index (χ3n) is 7.22. The van der Waals surface area contributed by atoms with Crippen molar-refractivity contribution in [1.82, 2.24) is 5.32 Å². The molecule has 0 saturated carbocycles. The second kappa shape index (κ2) is 12.6. The Morgan fingerprint density at radius 2 is 1.38 bits per heavy atom. The maximum atomic E-state index is 13.8. The molecule has 5 aromatic carbocycles. The van der Waals surface area contributed by atoms with E-state index in [1.807, 2.05) is 68.4 Å². The Morgan fingerprint density at radius 3 is 2.05 bits per heavy atom. The second-order valence-electron chi connectivity index (χ2n) is 10.1. The monoisotopic (exact) mass is 594 g/mol. The molecule has 5 rings (SSSR count). The number of benzene rings is 5. The fourth-order valence-corrected chi connectivity index (χ4v) is 6.61. The maximum Gasteiger partial charge on any atom is 0.264 e. The molecule has 0 aliphatic heterocycles. The van der Waals surface area contributed by atoms with Crippen LogP contribution < -0.4 is 9.62 Å². The lowest BCUT2D eigenvalue weighted by Gasteiger charge is -2.26. The van der Waals surface area contributed by atoms with Gasteiger partial charge in [0.2, 0.25) is 0 Å². The Labute approximate surface area is 252 Å². The first-order valence-electron chi connectivity index (χ1n) is 13.6. The Balaban J connectivity index is 1.43. The summed E-state index contributed by atoms with van der Waals surface area (Å²) in [6.45, 7) is 3.95. The smallest absolute Gasteiger partial charge is 0.264 e. The van der Waals surface area contributed by atoms with E-state index >= 15 is 0 Å². The largest absolute Gasteiger partial charge is 0.341 e. The van der Waals surface area contributed by atoms with E-state index in [9.17, 15) is 13.2 Å². The number of amides is 1. The standard InChI is InChI=1S/C35H31ClN2O3S/c1-25-11-9-10-16-32(25)34(28-12-5-3-6-13-28)37-35(39)29-20-18-27(19-21-29)24-38(33-23-30(36)22-17-26(33)2)42(40,41)31-14-7-4-8-15-31/h3-23,34H,24H2,1-2H3,(H,37,39)/t34-/m0/s1. The van der Waals surface area contributed by atoms with Crippen LogP contribution in [0.4, 0.5) is 5.69 Å². The fourth-order valence-electron chi connectivity index (χ4n) is 4.91. The highest BCUT2D eigenvalue weighted by atomic mass is 35.5. The lowest BCUT2D eigenvalue weighted by atomic mass is 9.94. The number of carbonyl (C=O) groups excluding carboxylic acids is 1. The number of aryl methyl sites for hydroxylation is 2. The maximum absolute atomic E-state index is 13.8. The molecular weight excluding hydrogens is 564 g/mol. The predicted octanol–water partition coefficient (Wildman–Crippen LogP) is 7.87. The van der Waals surface area contributed by atoms with Crippen LogP contribution in [0.25, 0.3) is 0 Å². The molecule has 0 aliphatic rings. The average molecular weight is 595 g/mol. The lowest BCUT2D eigenvalue weighted by Crippen LogP contribution is -2.31. The van der Waals surface area contributed by atoms with Gasteiger partial charge in [0.05, 0.1) is 23.2 Å². The number of nitrogens with one attached hydrogen (secondary N) is 1. The molecule has 0 fully saturated rings. The van der Waals surface area contributed by atoms with Crippen LogP contribution in [0.1, 0.15) is 44.2 Å². The van der Waals surface area contributed by atoms with Crippen LogP contribution in [0.2, 0.25) is 5.02 Å². The van der Waals surface area contributed by atoms with Gasteiger partial charge in [0.25, 0.3) is 15.9 Å². The van der Waals surface area contributed by atoms with Crippen molar-refractivity contribution in [2.75, 3.05) is 4.31 Å². The van der Waals surface area contributed by atoms with Crippen LogP contribution in [-0.4, -0.2) is 14.3 Å². The number of halogens is 1. The molecule has 1 atom stereocenters.